The van der Waals surface area contributed by atoms with E-state index in [1.807, 2.05) is 10.9 Å². The number of benzene rings is 1. The van der Waals surface area contributed by atoms with Crippen LogP contribution in [0.3, 0.4) is 0 Å². The quantitative estimate of drug-likeness (QED) is 0.843. The Hall–Kier alpha value is -2.42. The molecule has 3 fully saturated rings. The molecule has 7 nitrogen and oxygen atoms in total. The van der Waals surface area contributed by atoms with Gasteiger partial charge in [-0.15, -0.1) is 0 Å². The van der Waals surface area contributed by atoms with Crippen LogP contribution in [0.4, 0.5) is 10.1 Å². The van der Waals surface area contributed by atoms with Gasteiger partial charge in [-0.25, -0.2) is 8.60 Å². The van der Waals surface area contributed by atoms with Gasteiger partial charge in [-0.2, -0.15) is 5.10 Å². The molecule has 1 aromatic heterocycles. The maximum Gasteiger partial charge on any atom is 0.253 e. The van der Waals surface area contributed by atoms with Gasteiger partial charge in [0.15, 0.2) is 5.82 Å². The third-order valence-corrected chi connectivity index (χ3v) is 7.19. The van der Waals surface area contributed by atoms with Gasteiger partial charge in [-0.1, -0.05) is 6.42 Å². The molecule has 142 valence electrons. The Morgan fingerprint density at radius 2 is 2.11 bits per heavy atom. The van der Waals surface area contributed by atoms with E-state index < -0.39 is 22.9 Å². The molecule has 1 aromatic carbocycles. The van der Waals surface area contributed by atoms with E-state index in [9.17, 15) is 14.1 Å². The van der Waals surface area contributed by atoms with Crippen LogP contribution in [0.2, 0.25) is 0 Å². The molecule has 0 bridgehead atoms. The largest absolute Gasteiger partial charge is 0.506 e. The molecule has 2 saturated carbocycles. The van der Waals surface area contributed by atoms with E-state index in [2.05, 4.69) is 9.82 Å². The zero-order valence-electron chi connectivity index (χ0n) is 14.5. The smallest absolute Gasteiger partial charge is 0.253 e. The molecule has 1 unspecified atom stereocenters. The standard InChI is InChI=1S/C18H19FN4O3S/c19-16-13(2-3-14(24)17(16)23-10-15(25)21-27(23)26)11-8-20-22(9-11)12-6-18(7-12)4-1-5-18/h2-3,8-9,12,24H,1,4-7,10H2,(H,21,25). The first-order chi connectivity index (χ1) is 13.0. The Bertz CT molecular complexity index is 964. The lowest BCUT2D eigenvalue weighted by Gasteiger charge is -2.54. The van der Waals surface area contributed by atoms with Crippen molar-refractivity contribution in [3.8, 4) is 16.9 Å². The van der Waals surface area contributed by atoms with Crippen molar-refractivity contribution in [1.82, 2.24) is 14.5 Å². The fourth-order valence-electron chi connectivity index (χ4n) is 4.44. The minimum Gasteiger partial charge on any atom is -0.506 e. The van der Waals surface area contributed by atoms with Crippen molar-refractivity contribution < 1.29 is 18.5 Å². The summed E-state index contributed by atoms with van der Waals surface area (Å²) < 4.78 is 32.2. The minimum atomic E-state index is -1.91. The Kier molecular flexibility index (Phi) is 3.59. The molecule has 1 aliphatic heterocycles. The maximum atomic E-state index is 15.2. The molecule has 2 N–H and O–H groups in total. The van der Waals surface area contributed by atoms with E-state index >= 15 is 4.39 Å². The first kappa shape index (κ1) is 16.7. The second-order valence-corrected chi connectivity index (χ2v) is 8.87. The Labute approximate surface area is 157 Å². The molecule has 1 spiro atoms. The third-order valence-electron chi connectivity index (χ3n) is 6.07. The number of amides is 1. The topological polar surface area (TPSA) is 87.5 Å². The molecule has 5 rings (SSSR count). The summed E-state index contributed by atoms with van der Waals surface area (Å²) in [5.74, 6) is -1.57. The number of rotatable bonds is 3. The number of hydrogen-bond acceptors (Lipinski definition) is 4. The number of carbonyl (C=O) groups excluding carboxylic acids is 1. The fourth-order valence-corrected chi connectivity index (χ4v) is 5.38. The molecule has 0 radical (unpaired) electrons. The van der Waals surface area contributed by atoms with Gasteiger partial charge in [0.1, 0.15) is 18.0 Å². The fraction of sp³-hybridized carbons (Fsp3) is 0.444. The van der Waals surface area contributed by atoms with Crippen molar-refractivity contribution in [3.63, 3.8) is 0 Å². The molecule has 1 amide bonds. The average molecular weight is 390 g/mol. The summed E-state index contributed by atoms with van der Waals surface area (Å²) in [6, 6.07) is 3.17. The van der Waals surface area contributed by atoms with Gasteiger partial charge in [0.2, 0.25) is 11.2 Å². The molecular weight excluding hydrogens is 371 g/mol. The van der Waals surface area contributed by atoms with Crippen molar-refractivity contribution in [2.75, 3.05) is 10.8 Å². The normalized spacial score (nSPS) is 24.0. The number of anilines is 1. The molecular formula is C18H19FN4O3S. The summed E-state index contributed by atoms with van der Waals surface area (Å²) in [5, 5.41) is 14.5. The second-order valence-electron chi connectivity index (χ2n) is 7.73. The zero-order valence-corrected chi connectivity index (χ0v) is 15.3. The number of nitrogens with zero attached hydrogens (tertiary/aromatic N) is 3. The van der Waals surface area contributed by atoms with Gasteiger partial charge in [0.05, 0.1) is 12.2 Å². The number of aromatic hydroxyl groups is 1. The summed E-state index contributed by atoms with van der Waals surface area (Å²) in [4.78, 5) is 11.5. The summed E-state index contributed by atoms with van der Waals surface area (Å²) >= 11 is -1.91. The highest BCUT2D eigenvalue weighted by atomic mass is 32.2. The Morgan fingerprint density at radius 1 is 1.33 bits per heavy atom. The van der Waals surface area contributed by atoms with Crippen LogP contribution in [0, 0.1) is 11.2 Å². The SMILES string of the molecule is O=C1CN(c2c(O)ccc(-c3cnn(C4CC5(CCC5)C4)c3)c2F)S(=O)N1. The van der Waals surface area contributed by atoms with Crippen LogP contribution in [0.15, 0.2) is 24.5 Å². The average Bonchev–Trinajstić information content (AvgIpc) is 3.12. The number of phenols is 1. The lowest BCUT2D eigenvalue weighted by Crippen LogP contribution is -2.43. The van der Waals surface area contributed by atoms with Crippen LogP contribution in [-0.2, 0) is 16.0 Å². The Balaban J connectivity index is 1.45. The molecule has 9 heteroatoms. The van der Waals surface area contributed by atoms with E-state index in [4.69, 9.17) is 0 Å². The first-order valence-corrected chi connectivity index (χ1v) is 10.1. The van der Waals surface area contributed by atoms with E-state index in [0.717, 1.165) is 17.1 Å². The second kappa shape index (κ2) is 5.79. The minimum absolute atomic E-state index is 0.242. The number of phenolic OH excluding ortho intramolecular Hbond substituents is 1. The van der Waals surface area contributed by atoms with Crippen LogP contribution in [0.5, 0.6) is 5.75 Å². The molecule has 3 aliphatic rings. The van der Waals surface area contributed by atoms with E-state index in [0.29, 0.717) is 17.0 Å². The molecule has 27 heavy (non-hydrogen) atoms. The molecule has 2 aliphatic carbocycles. The first-order valence-electron chi connectivity index (χ1n) is 9.01. The number of nitrogens with one attached hydrogen (secondary N) is 1. The highest BCUT2D eigenvalue weighted by Gasteiger charge is 2.49. The third kappa shape index (κ3) is 2.55. The van der Waals surface area contributed by atoms with E-state index in [-0.39, 0.29) is 23.5 Å². The molecule has 2 aromatic rings. The van der Waals surface area contributed by atoms with Gasteiger partial charge >= 0.3 is 0 Å². The van der Waals surface area contributed by atoms with Crippen molar-refractivity contribution in [1.29, 1.82) is 0 Å². The van der Waals surface area contributed by atoms with Gasteiger partial charge in [-0.3, -0.25) is 18.5 Å². The van der Waals surface area contributed by atoms with Crippen molar-refractivity contribution >= 4 is 22.8 Å². The maximum absolute atomic E-state index is 15.2. The van der Waals surface area contributed by atoms with Gasteiger partial charge in [0, 0.05) is 17.3 Å². The summed E-state index contributed by atoms with van der Waals surface area (Å²) in [5.41, 5.74) is 1.12. The highest BCUT2D eigenvalue weighted by molar-refractivity contribution is 7.85. The highest BCUT2D eigenvalue weighted by Crippen LogP contribution is 2.60. The van der Waals surface area contributed by atoms with E-state index in [1.165, 1.54) is 31.4 Å². The predicted molar refractivity (Wildman–Crippen MR) is 97.5 cm³/mol. The predicted octanol–water partition coefficient (Wildman–Crippen LogP) is 2.41. The number of aromatic nitrogens is 2. The number of hydrogen-bond donors (Lipinski definition) is 2. The van der Waals surface area contributed by atoms with Gasteiger partial charge in [0.25, 0.3) is 5.91 Å². The van der Waals surface area contributed by atoms with E-state index in [1.54, 1.807) is 6.20 Å². The summed E-state index contributed by atoms with van der Waals surface area (Å²) in [7, 11) is 0. The zero-order chi connectivity index (χ0) is 18.8. The molecule has 1 saturated heterocycles. The monoisotopic (exact) mass is 390 g/mol. The van der Waals surface area contributed by atoms with Crippen LogP contribution >= 0.6 is 0 Å². The lowest BCUT2D eigenvalue weighted by atomic mass is 9.54. The van der Waals surface area contributed by atoms with Crippen molar-refractivity contribution in [2.45, 2.75) is 38.1 Å². The van der Waals surface area contributed by atoms with Gasteiger partial charge in [-0.05, 0) is 43.2 Å². The Morgan fingerprint density at radius 3 is 2.74 bits per heavy atom. The van der Waals surface area contributed by atoms with Gasteiger partial charge < -0.3 is 5.11 Å². The number of halogens is 1. The van der Waals surface area contributed by atoms with Crippen LogP contribution in [0.25, 0.3) is 11.1 Å². The van der Waals surface area contributed by atoms with Crippen LogP contribution < -0.4 is 9.03 Å². The summed E-state index contributed by atoms with van der Waals surface area (Å²) in [6.45, 7) is -0.274. The molecule has 2 heterocycles. The van der Waals surface area contributed by atoms with Crippen molar-refractivity contribution in [3.05, 3.63) is 30.3 Å². The van der Waals surface area contributed by atoms with Crippen LogP contribution in [0.1, 0.15) is 38.1 Å². The lowest BCUT2D eigenvalue weighted by molar-refractivity contribution is -0.117. The summed E-state index contributed by atoms with van der Waals surface area (Å²) in [6.07, 6.45) is 9.58. The molecule has 1 atom stereocenters. The number of carbonyl (C=O) groups is 1. The van der Waals surface area contributed by atoms with Crippen LogP contribution in [-0.4, -0.2) is 31.5 Å². The van der Waals surface area contributed by atoms with Crippen molar-refractivity contribution in [2.24, 2.45) is 5.41 Å².